The van der Waals surface area contributed by atoms with Crippen molar-refractivity contribution in [3.05, 3.63) is 59.1 Å². The number of benzene rings is 2. The third-order valence-corrected chi connectivity index (χ3v) is 5.61. The lowest BCUT2D eigenvalue weighted by Gasteiger charge is -2.29. The van der Waals surface area contributed by atoms with E-state index in [2.05, 4.69) is 5.32 Å². The van der Waals surface area contributed by atoms with Crippen molar-refractivity contribution in [3.63, 3.8) is 0 Å². The maximum atomic E-state index is 12.6. The van der Waals surface area contributed by atoms with Gasteiger partial charge in [-0.1, -0.05) is 66.9 Å². The van der Waals surface area contributed by atoms with Gasteiger partial charge in [-0.25, -0.2) is 10.3 Å². The van der Waals surface area contributed by atoms with Crippen molar-refractivity contribution < 1.29 is 24.3 Å². The molecule has 0 bridgehead atoms. The largest absolute Gasteiger partial charge is 0.467 e. The zero-order valence-electron chi connectivity index (χ0n) is 18.3. The van der Waals surface area contributed by atoms with Gasteiger partial charge in [0.15, 0.2) is 5.54 Å². The van der Waals surface area contributed by atoms with Gasteiger partial charge in [-0.15, -0.1) is 0 Å². The molecule has 8 heteroatoms. The third-order valence-electron chi connectivity index (χ3n) is 5.30. The van der Waals surface area contributed by atoms with E-state index in [1.54, 1.807) is 24.5 Å². The number of hydrogen-bond donors (Lipinski definition) is 3. The van der Waals surface area contributed by atoms with E-state index in [4.69, 9.17) is 21.5 Å². The normalized spacial score (nSPS) is 12.5. The summed E-state index contributed by atoms with van der Waals surface area (Å²) in [5, 5.41) is 11.7. The van der Waals surface area contributed by atoms with Gasteiger partial charge in [0.05, 0.1) is 7.11 Å². The molecule has 2 aromatic carbocycles. The molecule has 0 fully saturated rings. The van der Waals surface area contributed by atoms with Crippen LogP contribution >= 0.6 is 11.6 Å². The molecule has 0 aromatic heterocycles. The van der Waals surface area contributed by atoms with Crippen LogP contribution in [0, 0.1) is 0 Å². The minimum Gasteiger partial charge on any atom is -0.467 e. The summed E-state index contributed by atoms with van der Waals surface area (Å²) in [5.74, 6) is -1.30. The Kier molecular flexibility index (Phi) is 9.68. The molecule has 0 aliphatic heterocycles. The first kappa shape index (κ1) is 25.4. The lowest BCUT2D eigenvalue weighted by molar-refractivity contribution is -0.150. The quantitative estimate of drug-likeness (QED) is 0.200. The second-order valence-corrected chi connectivity index (χ2v) is 8.08. The summed E-state index contributed by atoms with van der Waals surface area (Å²) in [6, 6.07) is 14.9. The van der Waals surface area contributed by atoms with Crippen LogP contribution in [0.25, 0.3) is 11.1 Å². The molecule has 0 heterocycles. The molecule has 0 spiro atoms. The number of carbonyl (C=O) groups excluding carboxylic acids is 3. The smallest absolute Gasteiger partial charge is 0.336 e. The van der Waals surface area contributed by atoms with E-state index in [1.165, 1.54) is 7.11 Å². The number of unbranched alkanes of at least 4 members (excludes halogenated alkanes) is 3. The third kappa shape index (κ3) is 6.80. The second kappa shape index (κ2) is 12.2. The van der Waals surface area contributed by atoms with E-state index >= 15 is 0 Å². The molecule has 0 aliphatic carbocycles. The lowest BCUT2D eigenvalue weighted by Crippen LogP contribution is -2.50. The van der Waals surface area contributed by atoms with Crippen LogP contribution in [0.5, 0.6) is 0 Å². The first-order valence-electron chi connectivity index (χ1n) is 10.5. The number of rotatable bonds is 11. The van der Waals surface area contributed by atoms with Gasteiger partial charge in [-0.3, -0.25) is 14.8 Å². The topological polar surface area (TPSA) is 105 Å². The number of esters is 1. The molecule has 172 valence electrons. The molecule has 32 heavy (non-hydrogen) atoms. The van der Waals surface area contributed by atoms with Gasteiger partial charge >= 0.3 is 5.97 Å². The van der Waals surface area contributed by atoms with Crippen molar-refractivity contribution in [1.29, 1.82) is 0 Å². The maximum absolute atomic E-state index is 12.6. The number of amides is 2. The molecule has 0 saturated carbocycles. The molecule has 1 atom stereocenters. The van der Waals surface area contributed by atoms with Crippen molar-refractivity contribution in [1.82, 2.24) is 10.8 Å². The van der Waals surface area contributed by atoms with Gasteiger partial charge in [0.1, 0.15) is 0 Å². The Balaban J connectivity index is 2.05. The van der Waals surface area contributed by atoms with E-state index < -0.39 is 17.4 Å². The van der Waals surface area contributed by atoms with Crippen molar-refractivity contribution in [2.45, 2.75) is 51.0 Å². The van der Waals surface area contributed by atoms with Gasteiger partial charge in [0.25, 0.3) is 0 Å². The van der Waals surface area contributed by atoms with E-state index in [0.717, 1.165) is 24.0 Å². The van der Waals surface area contributed by atoms with E-state index in [1.807, 2.05) is 36.4 Å². The number of halogens is 1. The average molecular weight is 461 g/mol. The molecular formula is C24H29ClN2O5. The monoisotopic (exact) mass is 460 g/mol. The van der Waals surface area contributed by atoms with Crippen molar-refractivity contribution in [2.24, 2.45) is 0 Å². The van der Waals surface area contributed by atoms with Gasteiger partial charge in [0.2, 0.25) is 11.8 Å². The molecule has 3 N–H and O–H groups in total. The van der Waals surface area contributed by atoms with Crippen LogP contribution in [0.3, 0.4) is 0 Å². The highest BCUT2D eigenvalue weighted by atomic mass is 35.5. The van der Waals surface area contributed by atoms with Crippen LogP contribution in [-0.4, -0.2) is 30.1 Å². The second-order valence-electron chi connectivity index (χ2n) is 7.67. The van der Waals surface area contributed by atoms with Crippen LogP contribution in [0.2, 0.25) is 5.02 Å². The molecular weight excluding hydrogens is 432 g/mol. The Hall–Kier alpha value is -2.90. The predicted molar refractivity (Wildman–Crippen MR) is 122 cm³/mol. The van der Waals surface area contributed by atoms with E-state index in [-0.39, 0.29) is 18.7 Å². The number of hydroxylamine groups is 1. The van der Waals surface area contributed by atoms with Crippen LogP contribution in [-0.2, 0) is 24.7 Å². The zero-order chi connectivity index (χ0) is 23.6. The Bertz CT molecular complexity index is 935. The Labute approximate surface area is 193 Å². The van der Waals surface area contributed by atoms with Crippen LogP contribution in [0.4, 0.5) is 0 Å². The van der Waals surface area contributed by atoms with Crippen LogP contribution in [0.1, 0.15) is 51.0 Å². The highest BCUT2D eigenvalue weighted by Gasteiger charge is 2.38. The highest BCUT2D eigenvalue weighted by Crippen LogP contribution is 2.33. The zero-order valence-corrected chi connectivity index (χ0v) is 19.1. The minimum absolute atomic E-state index is 0.231. The summed E-state index contributed by atoms with van der Waals surface area (Å²) in [7, 11) is 1.27. The van der Waals surface area contributed by atoms with Crippen molar-refractivity contribution >= 4 is 29.4 Å². The fourth-order valence-corrected chi connectivity index (χ4v) is 3.73. The number of hydrogen-bond acceptors (Lipinski definition) is 5. The van der Waals surface area contributed by atoms with Crippen molar-refractivity contribution in [2.75, 3.05) is 7.11 Å². The molecule has 2 amide bonds. The standard InChI is InChI=1S/C24H29ClN2O5/c1-24(23(30)32-2,26-21(28)12-8-3-4-9-13-22(29)27-31)18-14-15-19(20(25)16-18)17-10-6-5-7-11-17/h5-7,10-11,14-16,31H,3-4,8-9,12-13H2,1-2H3,(H,26,28)(H,27,29). The molecule has 2 aromatic rings. The number of methoxy groups -OCH3 is 1. The van der Waals surface area contributed by atoms with Gasteiger partial charge in [-0.05, 0) is 37.0 Å². The number of carbonyl (C=O) groups is 3. The summed E-state index contributed by atoms with van der Waals surface area (Å²) in [4.78, 5) is 36.2. The van der Waals surface area contributed by atoms with Crippen LogP contribution < -0.4 is 10.8 Å². The molecule has 7 nitrogen and oxygen atoms in total. The SMILES string of the molecule is COC(=O)C(C)(NC(=O)CCCCCCC(=O)NO)c1ccc(-c2ccccc2)c(Cl)c1. The summed E-state index contributed by atoms with van der Waals surface area (Å²) < 4.78 is 4.96. The fraction of sp³-hybridized carbons (Fsp3) is 0.375. The van der Waals surface area contributed by atoms with E-state index in [9.17, 15) is 14.4 Å². The molecule has 0 saturated heterocycles. The van der Waals surface area contributed by atoms with Crippen LogP contribution in [0.15, 0.2) is 48.5 Å². The Morgan fingerprint density at radius 3 is 2.16 bits per heavy atom. The molecule has 2 rings (SSSR count). The predicted octanol–water partition coefficient (Wildman–Crippen LogP) is 4.36. The Morgan fingerprint density at radius 1 is 0.969 bits per heavy atom. The fourth-order valence-electron chi connectivity index (χ4n) is 3.45. The first-order valence-corrected chi connectivity index (χ1v) is 10.9. The molecule has 1 unspecified atom stereocenters. The molecule has 0 radical (unpaired) electrons. The number of nitrogens with one attached hydrogen (secondary N) is 2. The molecule has 0 aliphatic rings. The highest BCUT2D eigenvalue weighted by molar-refractivity contribution is 6.33. The summed E-state index contributed by atoms with van der Waals surface area (Å²) in [6.45, 7) is 1.60. The number of ether oxygens (including phenoxy) is 1. The Morgan fingerprint density at radius 2 is 1.59 bits per heavy atom. The lowest BCUT2D eigenvalue weighted by atomic mass is 9.90. The summed E-state index contributed by atoms with van der Waals surface area (Å²) in [5.41, 5.74) is 2.50. The van der Waals surface area contributed by atoms with Crippen molar-refractivity contribution in [3.8, 4) is 11.1 Å². The van der Waals surface area contributed by atoms with Gasteiger partial charge in [-0.2, -0.15) is 0 Å². The summed E-state index contributed by atoms with van der Waals surface area (Å²) in [6.07, 6.45) is 3.21. The minimum atomic E-state index is -1.39. The van der Waals surface area contributed by atoms with E-state index in [0.29, 0.717) is 23.4 Å². The van der Waals surface area contributed by atoms with Gasteiger partial charge in [0, 0.05) is 23.4 Å². The van der Waals surface area contributed by atoms with Gasteiger partial charge < -0.3 is 10.1 Å². The summed E-state index contributed by atoms with van der Waals surface area (Å²) >= 11 is 6.51. The average Bonchev–Trinajstić information content (AvgIpc) is 2.80. The first-order chi connectivity index (χ1) is 15.3. The maximum Gasteiger partial charge on any atom is 0.336 e.